The Hall–Kier alpha value is -0.280. The Morgan fingerprint density at radius 1 is 1.39 bits per heavy atom. The van der Waals surface area contributed by atoms with E-state index in [1.54, 1.807) is 0 Å². The third-order valence-corrected chi connectivity index (χ3v) is 4.78. The Morgan fingerprint density at radius 2 is 2.17 bits per heavy atom. The van der Waals surface area contributed by atoms with Crippen molar-refractivity contribution in [2.24, 2.45) is 17.6 Å². The van der Waals surface area contributed by atoms with Crippen LogP contribution in [0.15, 0.2) is 18.2 Å². The number of rotatable bonds is 3. The molecule has 1 aromatic rings. The summed E-state index contributed by atoms with van der Waals surface area (Å²) in [6.07, 6.45) is 1.21. The fraction of sp³-hybridized carbons (Fsp3) is 0.571. The van der Waals surface area contributed by atoms with Gasteiger partial charge in [-0.1, -0.05) is 42.3 Å². The summed E-state index contributed by atoms with van der Waals surface area (Å²) in [6, 6.07) is 5.83. The molecule has 1 heterocycles. The molecule has 2 unspecified atom stereocenters. The van der Waals surface area contributed by atoms with E-state index in [0.29, 0.717) is 16.0 Å². The molecule has 1 saturated heterocycles. The van der Waals surface area contributed by atoms with Gasteiger partial charge in [-0.25, -0.2) is 0 Å². The first kappa shape index (κ1) is 14.1. The van der Waals surface area contributed by atoms with Crippen molar-refractivity contribution in [2.75, 3.05) is 19.6 Å². The molecular formula is C14H20Cl2N2. The van der Waals surface area contributed by atoms with E-state index >= 15 is 0 Å². The normalized spacial score (nSPS) is 25.3. The second kappa shape index (κ2) is 6.25. The molecule has 1 aliphatic rings. The quantitative estimate of drug-likeness (QED) is 0.923. The molecule has 2 atom stereocenters. The molecule has 4 heteroatoms. The van der Waals surface area contributed by atoms with Gasteiger partial charge in [0.1, 0.15) is 0 Å². The molecule has 2 rings (SSSR count). The van der Waals surface area contributed by atoms with Crippen molar-refractivity contribution < 1.29 is 0 Å². The maximum absolute atomic E-state index is 6.23. The van der Waals surface area contributed by atoms with Crippen molar-refractivity contribution in [2.45, 2.75) is 19.9 Å². The molecule has 2 nitrogen and oxygen atoms in total. The first-order valence-electron chi connectivity index (χ1n) is 6.47. The van der Waals surface area contributed by atoms with Crippen LogP contribution in [0.3, 0.4) is 0 Å². The minimum Gasteiger partial charge on any atom is -0.330 e. The fourth-order valence-electron chi connectivity index (χ4n) is 2.59. The number of nitrogens with zero attached hydrogens (tertiary/aromatic N) is 1. The maximum atomic E-state index is 6.23. The smallest absolute Gasteiger partial charge is 0.0637 e. The van der Waals surface area contributed by atoms with Crippen LogP contribution in [-0.4, -0.2) is 24.5 Å². The van der Waals surface area contributed by atoms with Crippen LogP contribution in [0.1, 0.15) is 18.9 Å². The molecule has 1 fully saturated rings. The van der Waals surface area contributed by atoms with Gasteiger partial charge in [0, 0.05) is 13.1 Å². The first-order chi connectivity index (χ1) is 8.61. The topological polar surface area (TPSA) is 29.3 Å². The summed E-state index contributed by atoms with van der Waals surface area (Å²) in [7, 11) is 0. The second-order valence-electron chi connectivity index (χ2n) is 5.21. The van der Waals surface area contributed by atoms with E-state index < -0.39 is 0 Å². The zero-order valence-corrected chi connectivity index (χ0v) is 12.2. The van der Waals surface area contributed by atoms with Gasteiger partial charge in [0.05, 0.1) is 10.0 Å². The van der Waals surface area contributed by atoms with Crippen LogP contribution in [-0.2, 0) is 6.54 Å². The lowest BCUT2D eigenvalue weighted by Crippen LogP contribution is -2.42. The summed E-state index contributed by atoms with van der Waals surface area (Å²) in [5.74, 6) is 1.32. The third-order valence-electron chi connectivity index (χ3n) is 3.93. The first-order valence-corrected chi connectivity index (χ1v) is 7.22. The minimum atomic E-state index is 0.594. The number of benzene rings is 1. The predicted octanol–water partition coefficient (Wildman–Crippen LogP) is 3.41. The molecular weight excluding hydrogens is 267 g/mol. The summed E-state index contributed by atoms with van der Waals surface area (Å²) >= 11 is 12.3. The summed E-state index contributed by atoms with van der Waals surface area (Å²) in [4.78, 5) is 2.43. The van der Waals surface area contributed by atoms with Gasteiger partial charge >= 0.3 is 0 Å². The van der Waals surface area contributed by atoms with E-state index in [9.17, 15) is 0 Å². The van der Waals surface area contributed by atoms with Crippen molar-refractivity contribution in [1.82, 2.24) is 4.90 Å². The van der Waals surface area contributed by atoms with Crippen LogP contribution in [0.5, 0.6) is 0 Å². The molecule has 0 amide bonds. The van der Waals surface area contributed by atoms with Gasteiger partial charge in [0.25, 0.3) is 0 Å². The monoisotopic (exact) mass is 286 g/mol. The van der Waals surface area contributed by atoms with Gasteiger partial charge in [-0.3, -0.25) is 4.90 Å². The van der Waals surface area contributed by atoms with Gasteiger partial charge in [0.15, 0.2) is 0 Å². The summed E-state index contributed by atoms with van der Waals surface area (Å²) in [5.41, 5.74) is 6.94. The molecule has 18 heavy (non-hydrogen) atoms. The van der Waals surface area contributed by atoms with Crippen LogP contribution in [0.4, 0.5) is 0 Å². The Kier molecular flexibility index (Phi) is 4.91. The van der Waals surface area contributed by atoms with Gasteiger partial charge in [-0.2, -0.15) is 0 Å². The molecule has 0 spiro atoms. The predicted molar refractivity (Wildman–Crippen MR) is 78.1 cm³/mol. The molecule has 2 N–H and O–H groups in total. The van der Waals surface area contributed by atoms with Crippen LogP contribution < -0.4 is 5.73 Å². The molecule has 0 aliphatic carbocycles. The van der Waals surface area contributed by atoms with Gasteiger partial charge in [-0.15, -0.1) is 0 Å². The Labute approximate surface area is 119 Å². The van der Waals surface area contributed by atoms with Gasteiger partial charge in [-0.05, 0) is 43.0 Å². The average molecular weight is 287 g/mol. The molecule has 0 radical (unpaired) electrons. The zero-order chi connectivity index (χ0) is 13.1. The highest BCUT2D eigenvalue weighted by Gasteiger charge is 2.25. The van der Waals surface area contributed by atoms with Gasteiger partial charge < -0.3 is 5.73 Å². The number of nitrogens with two attached hydrogens (primary N) is 1. The van der Waals surface area contributed by atoms with Crippen LogP contribution >= 0.6 is 23.2 Å². The highest BCUT2D eigenvalue weighted by atomic mass is 35.5. The number of halogens is 2. The van der Waals surface area contributed by atoms with Crippen molar-refractivity contribution in [3.8, 4) is 0 Å². The van der Waals surface area contributed by atoms with Crippen LogP contribution in [0.25, 0.3) is 0 Å². The third kappa shape index (κ3) is 3.18. The SMILES string of the molecule is CC1CCN(Cc2cccc(Cl)c2Cl)CC1CN. The Balaban J connectivity index is 2.03. The van der Waals surface area contributed by atoms with Crippen molar-refractivity contribution in [3.63, 3.8) is 0 Å². The number of piperidine rings is 1. The van der Waals surface area contributed by atoms with Gasteiger partial charge in [0.2, 0.25) is 0 Å². The van der Waals surface area contributed by atoms with Crippen LogP contribution in [0.2, 0.25) is 10.0 Å². The fourth-order valence-corrected chi connectivity index (χ4v) is 2.97. The number of hydrogen-bond donors (Lipinski definition) is 1. The molecule has 100 valence electrons. The lowest BCUT2D eigenvalue weighted by molar-refractivity contribution is 0.126. The lowest BCUT2D eigenvalue weighted by Gasteiger charge is -2.36. The highest BCUT2D eigenvalue weighted by molar-refractivity contribution is 6.42. The van der Waals surface area contributed by atoms with Crippen molar-refractivity contribution in [3.05, 3.63) is 33.8 Å². The summed E-state index contributed by atoms with van der Waals surface area (Å²) < 4.78 is 0. The molecule has 1 aliphatic heterocycles. The van der Waals surface area contributed by atoms with E-state index in [1.165, 1.54) is 6.42 Å². The number of likely N-dealkylation sites (tertiary alicyclic amines) is 1. The Bertz CT molecular complexity index is 409. The lowest BCUT2D eigenvalue weighted by atomic mass is 9.87. The summed E-state index contributed by atoms with van der Waals surface area (Å²) in [5, 5.41) is 1.32. The number of hydrogen-bond acceptors (Lipinski definition) is 2. The van der Waals surface area contributed by atoms with E-state index in [-0.39, 0.29) is 0 Å². The zero-order valence-electron chi connectivity index (χ0n) is 10.7. The van der Waals surface area contributed by atoms with Crippen molar-refractivity contribution in [1.29, 1.82) is 0 Å². The minimum absolute atomic E-state index is 0.594. The molecule has 0 aromatic heterocycles. The highest BCUT2D eigenvalue weighted by Crippen LogP contribution is 2.29. The van der Waals surface area contributed by atoms with E-state index in [4.69, 9.17) is 28.9 Å². The van der Waals surface area contributed by atoms with E-state index in [0.717, 1.165) is 37.7 Å². The Morgan fingerprint density at radius 3 is 2.89 bits per heavy atom. The van der Waals surface area contributed by atoms with E-state index in [1.807, 2.05) is 18.2 Å². The molecule has 0 bridgehead atoms. The molecule has 0 saturated carbocycles. The van der Waals surface area contributed by atoms with Crippen molar-refractivity contribution >= 4 is 23.2 Å². The summed E-state index contributed by atoms with van der Waals surface area (Å²) in [6.45, 7) is 6.09. The van der Waals surface area contributed by atoms with Crippen LogP contribution in [0, 0.1) is 11.8 Å². The largest absolute Gasteiger partial charge is 0.330 e. The second-order valence-corrected chi connectivity index (χ2v) is 5.99. The average Bonchev–Trinajstić information content (AvgIpc) is 2.37. The molecule has 1 aromatic carbocycles. The maximum Gasteiger partial charge on any atom is 0.0637 e. The van der Waals surface area contributed by atoms with E-state index in [2.05, 4.69) is 11.8 Å². The standard InChI is InChI=1S/C14H20Cl2N2/c1-10-5-6-18(9-12(10)7-17)8-11-3-2-4-13(15)14(11)16/h2-4,10,12H,5-9,17H2,1H3.